The first kappa shape index (κ1) is 31.0. The molecule has 3 aromatic carbocycles. The third-order valence-electron chi connectivity index (χ3n) is 7.47. The maximum absolute atomic E-state index is 12.5. The van der Waals surface area contributed by atoms with Gasteiger partial charge in [-0.2, -0.15) is 0 Å². The Morgan fingerprint density at radius 1 is 0.952 bits per heavy atom. The Morgan fingerprint density at radius 2 is 1.67 bits per heavy atom. The van der Waals surface area contributed by atoms with Crippen molar-refractivity contribution in [2.75, 3.05) is 11.9 Å². The lowest BCUT2D eigenvalue weighted by molar-refractivity contribution is -0.136. The molecule has 4 rings (SSSR count). The lowest BCUT2D eigenvalue weighted by atomic mass is 9.91. The first-order chi connectivity index (χ1) is 20.2. The van der Waals surface area contributed by atoms with Crippen LogP contribution in [0.1, 0.15) is 96.6 Å². The second-order valence-corrected chi connectivity index (χ2v) is 11.9. The zero-order valence-corrected chi connectivity index (χ0v) is 25.8. The van der Waals surface area contributed by atoms with Gasteiger partial charge in [0.15, 0.2) is 5.13 Å². The van der Waals surface area contributed by atoms with Crippen molar-refractivity contribution >= 4 is 28.3 Å². The van der Waals surface area contributed by atoms with E-state index in [1.54, 1.807) is 23.5 Å². The fourth-order valence-electron chi connectivity index (χ4n) is 5.11. The number of amides is 1. The standard InChI is InChI=1S/C35H41N3O3S/c1-5-6-7-8-25-9-11-26(12-10-25)31-22-42-35(37-31)38-33(29-17-18-30(23(2)3)24(4)21-29)27-13-15-28(16-14-27)34(41)36-20-19-32(39)40/h9-18,21-23,33H,5-8,19-20H2,1-4H3,(H,36,41)(H,37,38)(H,39,40). The molecule has 1 heterocycles. The summed E-state index contributed by atoms with van der Waals surface area (Å²) in [5.74, 6) is -0.794. The number of nitrogens with one attached hydrogen (secondary N) is 2. The fraction of sp³-hybridized carbons (Fsp3) is 0.343. The van der Waals surface area contributed by atoms with Crippen molar-refractivity contribution in [1.82, 2.24) is 10.3 Å². The maximum atomic E-state index is 12.5. The van der Waals surface area contributed by atoms with Crippen molar-refractivity contribution in [3.63, 3.8) is 0 Å². The topological polar surface area (TPSA) is 91.3 Å². The molecule has 0 bridgehead atoms. The Bertz CT molecular complexity index is 1480. The summed E-state index contributed by atoms with van der Waals surface area (Å²) in [7, 11) is 0. The molecule has 220 valence electrons. The van der Waals surface area contributed by atoms with Crippen molar-refractivity contribution in [1.29, 1.82) is 0 Å². The number of hydrogen-bond donors (Lipinski definition) is 3. The van der Waals surface area contributed by atoms with Crippen LogP contribution in [0.25, 0.3) is 11.3 Å². The normalized spacial score (nSPS) is 11.8. The second kappa shape index (κ2) is 14.8. The van der Waals surface area contributed by atoms with Gasteiger partial charge in [0.2, 0.25) is 0 Å². The van der Waals surface area contributed by atoms with E-state index >= 15 is 0 Å². The lowest BCUT2D eigenvalue weighted by Gasteiger charge is -2.22. The molecule has 0 saturated heterocycles. The molecule has 1 amide bonds. The molecule has 7 heteroatoms. The summed E-state index contributed by atoms with van der Waals surface area (Å²) >= 11 is 1.58. The number of aryl methyl sites for hydroxylation is 2. The van der Waals surface area contributed by atoms with Crippen LogP contribution in [0.2, 0.25) is 0 Å². The summed E-state index contributed by atoms with van der Waals surface area (Å²) in [5, 5.41) is 18.1. The van der Waals surface area contributed by atoms with Gasteiger partial charge in [-0.1, -0.05) is 88.2 Å². The van der Waals surface area contributed by atoms with Crippen LogP contribution in [0.3, 0.4) is 0 Å². The van der Waals surface area contributed by atoms with Crippen LogP contribution in [-0.2, 0) is 11.2 Å². The van der Waals surface area contributed by atoms with Gasteiger partial charge in [0, 0.05) is 23.1 Å². The molecule has 42 heavy (non-hydrogen) atoms. The van der Waals surface area contributed by atoms with E-state index in [1.165, 1.54) is 36.0 Å². The van der Waals surface area contributed by atoms with Gasteiger partial charge in [0.05, 0.1) is 18.2 Å². The van der Waals surface area contributed by atoms with Crippen molar-refractivity contribution in [2.24, 2.45) is 0 Å². The molecule has 0 fully saturated rings. The summed E-state index contributed by atoms with van der Waals surface area (Å²) in [6, 6.07) is 22.6. The van der Waals surface area contributed by atoms with Crippen LogP contribution < -0.4 is 10.6 Å². The number of benzene rings is 3. The van der Waals surface area contributed by atoms with Crippen LogP contribution in [0.15, 0.2) is 72.1 Å². The predicted molar refractivity (Wildman–Crippen MR) is 173 cm³/mol. The molecule has 6 nitrogen and oxygen atoms in total. The molecule has 1 unspecified atom stereocenters. The van der Waals surface area contributed by atoms with Gasteiger partial charge < -0.3 is 15.7 Å². The molecule has 0 aliphatic rings. The fourth-order valence-corrected chi connectivity index (χ4v) is 5.86. The Hall–Kier alpha value is -3.97. The van der Waals surface area contributed by atoms with Crippen LogP contribution in [0.5, 0.6) is 0 Å². The van der Waals surface area contributed by atoms with E-state index in [4.69, 9.17) is 10.1 Å². The minimum Gasteiger partial charge on any atom is -0.481 e. The van der Waals surface area contributed by atoms with Gasteiger partial charge in [-0.3, -0.25) is 9.59 Å². The second-order valence-electron chi connectivity index (χ2n) is 11.1. The zero-order valence-electron chi connectivity index (χ0n) is 24.9. The number of aliphatic carboxylic acids is 1. The summed E-state index contributed by atoms with van der Waals surface area (Å²) in [6.07, 6.45) is 4.70. The predicted octanol–water partition coefficient (Wildman–Crippen LogP) is 8.38. The molecule has 0 aliphatic carbocycles. The number of carboxylic acid groups (broad SMARTS) is 1. The summed E-state index contributed by atoms with van der Waals surface area (Å²) < 4.78 is 0. The van der Waals surface area contributed by atoms with Crippen LogP contribution in [0.4, 0.5) is 5.13 Å². The molecule has 0 radical (unpaired) electrons. The summed E-state index contributed by atoms with van der Waals surface area (Å²) in [6.45, 7) is 8.87. The Kier molecular flexibility index (Phi) is 10.9. The zero-order chi connectivity index (χ0) is 30.1. The van der Waals surface area contributed by atoms with Gasteiger partial charge in [-0.25, -0.2) is 4.98 Å². The molecule has 3 N–H and O–H groups in total. The molecule has 1 atom stereocenters. The van der Waals surface area contributed by atoms with E-state index in [0.29, 0.717) is 11.5 Å². The monoisotopic (exact) mass is 583 g/mol. The number of carbonyl (C=O) groups is 2. The number of carboxylic acids is 1. The number of rotatable bonds is 14. The highest BCUT2D eigenvalue weighted by atomic mass is 32.1. The highest BCUT2D eigenvalue weighted by Crippen LogP contribution is 2.33. The van der Waals surface area contributed by atoms with Gasteiger partial charge >= 0.3 is 5.97 Å². The largest absolute Gasteiger partial charge is 0.481 e. The van der Waals surface area contributed by atoms with Crippen LogP contribution in [-0.4, -0.2) is 28.5 Å². The number of hydrogen-bond acceptors (Lipinski definition) is 5. The van der Waals surface area contributed by atoms with E-state index < -0.39 is 5.97 Å². The summed E-state index contributed by atoms with van der Waals surface area (Å²) in [4.78, 5) is 28.2. The minimum absolute atomic E-state index is 0.0928. The third-order valence-corrected chi connectivity index (χ3v) is 8.24. The number of thiazole rings is 1. The van der Waals surface area contributed by atoms with Crippen molar-refractivity contribution in [3.05, 3.63) is 105 Å². The van der Waals surface area contributed by atoms with E-state index in [0.717, 1.165) is 33.9 Å². The maximum Gasteiger partial charge on any atom is 0.305 e. The SMILES string of the molecule is CCCCCc1ccc(-c2csc(NC(c3ccc(C(=O)NCCC(=O)O)cc3)c3ccc(C(C)C)c(C)c3)n2)cc1. The number of unbranched alkanes of at least 4 members (excludes halogenated alkanes) is 2. The molecule has 0 spiro atoms. The van der Waals surface area contributed by atoms with Gasteiger partial charge in [0.25, 0.3) is 5.91 Å². The third kappa shape index (κ3) is 8.29. The number of carbonyl (C=O) groups excluding carboxylic acids is 1. The smallest absolute Gasteiger partial charge is 0.305 e. The Labute approximate surface area is 253 Å². The van der Waals surface area contributed by atoms with E-state index in [1.807, 2.05) is 12.1 Å². The van der Waals surface area contributed by atoms with Gasteiger partial charge in [0.1, 0.15) is 0 Å². The molecular formula is C35H41N3O3S. The molecule has 4 aromatic rings. The van der Waals surface area contributed by atoms with Crippen molar-refractivity contribution in [3.8, 4) is 11.3 Å². The quantitative estimate of drug-likeness (QED) is 0.130. The highest BCUT2D eigenvalue weighted by Gasteiger charge is 2.19. The van der Waals surface area contributed by atoms with Crippen molar-refractivity contribution < 1.29 is 14.7 Å². The number of aromatic nitrogens is 1. The molecule has 0 aliphatic heterocycles. The average molecular weight is 584 g/mol. The van der Waals surface area contributed by atoms with E-state index in [9.17, 15) is 9.59 Å². The van der Waals surface area contributed by atoms with E-state index in [-0.39, 0.29) is 24.9 Å². The van der Waals surface area contributed by atoms with Crippen molar-refractivity contribution in [2.45, 2.75) is 71.8 Å². The summed E-state index contributed by atoms with van der Waals surface area (Å²) in [5.41, 5.74) is 8.57. The average Bonchev–Trinajstić information content (AvgIpc) is 3.45. The van der Waals surface area contributed by atoms with Gasteiger partial charge in [-0.05, 0) is 65.6 Å². The van der Waals surface area contributed by atoms with E-state index in [2.05, 4.69) is 86.2 Å². The molecule has 0 saturated carbocycles. The number of nitrogens with zero attached hydrogens (tertiary/aromatic N) is 1. The first-order valence-corrected chi connectivity index (χ1v) is 15.6. The lowest BCUT2D eigenvalue weighted by Crippen LogP contribution is -2.26. The molecule has 1 aromatic heterocycles. The Balaban J connectivity index is 1.56. The minimum atomic E-state index is -0.942. The van der Waals surface area contributed by atoms with Gasteiger partial charge in [-0.15, -0.1) is 11.3 Å². The Morgan fingerprint density at radius 3 is 2.31 bits per heavy atom. The van der Waals surface area contributed by atoms with Crippen LogP contribution >= 0.6 is 11.3 Å². The molecular weight excluding hydrogens is 542 g/mol. The number of anilines is 1. The van der Waals surface area contributed by atoms with Crippen LogP contribution in [0, 0.1) is 6.92 Å². The highest BCUT2D eigenvalue weighted by molar-refractivity contribution is 7.14. The first-order valence-electron chi connectivity index (χ1n) is 14.8.